The molecule has 1 aliphatic heterocycles. The molecule has 110 valence electrons. The molecule has 0 aliphatic carbocycles. The number of aliphatic hydroxyl groups is 1. The largest absolute Gasteiger partial charge is 0.389 e. The van der Waals surface area contributed by atoms with Gasteiger partial charge in [0.1, 0.15) is 0 Å². The molecule has 1 amide bonds. The lowest BCUT2D eigenvalue weighted by Gasteiger charge is -2.36. The van der Waals surface area contributed by atoms with Gasteiger partial charge in [-0.1, -0.05) is 18.2 Å². The number of carbonyl (C=O) groups excluding carboxylic acids is 1. The van der Waals surface area contributed by atoms with Crippen molar-refractivity contribution in [3.05, 3.63) is 29.8 Å². The molecule has 4 N–H and O–H groups in total. The first-order valence-electron chi connectivity index (χ1n) is 7.03. The first-order chi connectivity index (χ1) is 9.50. The maximum Gasteiger partial charge on any atom is 0.238 e. The van der Waals surface area contributed by atoms with Crippen LogP contribution in [0.15, 0.2) is 24.3 Å². The quantitative estimate of drug-likeness (QED) is 0.765. The summed E-state index contributed by atoms with van der Waals surface area (Å²) in [6.45, 7) is 3.91. The lowest BCUT2D eigenvalue weighted by Crippen LogP contribution is -2.48. The van der Waals surface area contributed by atoms with Crippen molar-refractivity contribution in [3.63, 3.8) is 0 Å². The molecule has 0 spiro atoms. The van der Waals surface area contributed by atoms with Gasteiger partial charge in [-0.25, -0.2) is 0 Å². The number of para-hydroxylation sites is 1. The summed E-state index contributed by atoms with van der Waals surface area (Å²) in [5.74, 6) is -0.0661. The number of benzene rings is 1. The first kappa shape index (κ1) is 15.0. The molecule has 1 atom stereocenters. The minimum Gasteiger partial charge on any atom is -0.389 e. The second kappa shape index (κ2) is 6.35. The molecule has 1 aromatic carbocycles. The maximum absolute atomic E-state index is 12.1. The molecule has 0 radical (unpaired) electrons. The summed E-state index contributed by atoms with van der Waals surface area (Å²) in [4.78, 5) is 14.1. The number of piperidine rings is 1. The Bertz CT molecular complexity index is 474. The summed E-state index contributed by atoms with van der Waals surface area (Å²) in [5, 5.41) is 12.9. The third kappa shape index (κ3) is 4.03. The van der Waals surface area contributed by atoms with Crippen LogP contribution < -0.4 is 11.1 Å². The van der Waals surface area contributed by atoms with Crippen LogP contribution in [-0.4, -0.2) is 41.1 Å². The third-order valence-electron chi connectivity index (χ3n) is 3.63. The van der Waals surface area contributed by atoms with Crippen LogP contribution in [0.1, 0.15) is 25.3 Å². The van der Waals surface area contributed by atoms with Gasteiger partial charge in [-0.15, -0.1) is 0 Å². The number of nitrogens with one attached hydrogen (secondary N) is 1. The lowest BCUT2D eigenvalue weighted by molar-refractivity contribution is -0.118. The van der Waals surface area contributed by atoms with Crippen molar-refractivity contribution >= 4 is 11.6 Å². The molecular formula is C15H23N3O2. The predicted molar refractivity (Wildman–Crippen MR) is 79.3 cm³/mol. The molecule has 1 heterocycles. The molecule has 1 saturated heterocycles. The monoisotopic (exact) mass is 277 g/mol. The number of nitrogens with zero attached hydrogens (tertiary/aromatic N) is 1. The van der Waals surface area contributed by atoms with Gasteiger partial charge in [0.15, 0.2) is 0 Å². The molecule has 1 aliphatic rings. The van der Waals surface area contributed by atoms with Gasteiger partial charge in [-0.3, -0.25) is 9.69 Å². The van der Waals surface area contributed by atoms with Crippen molar-refractivity contribution in [1.82, 2.24) is 4.90 Å². The number of amides is 1. The summed E-state index contributed by atoms with van der Waals surface area (Å²) in [7, 11) is 0. The van der Waals surface area contributed by atoms with E-state index in [4.69, 9.17) is 5.73 Å². The van der Waals surface area contributed by atoms with Crippen molar-refractivity contribution in [1.29, 1.82) is 0 Å². The van der Waals surface area contributed by atoms with Crippen LogP contribution in [-0.2, 0) is 11.3 Å². The SMILES string of the molecule is CC1(O)CCCN(CC(=O)Nc2ccccc2CN)C1. The standard InChI is InChI=1S/C15H23N3O2/c1-15(20)7-4-8-18(11-15)10-14(19)17-13-6-3-2-5-12(13)9-16/h2-3,5-6,20H,4,7-11,16H2,1H3,(H,17,19). The van der Waals surface area contributed by atoms with Crippen LogP contribution in [0.4, 0.5) is 5.69 Å². The fourth-order valence-corrected chi connectivity index (χ4v) is 2.67. The Balaban J connectivity index is 1.92. The molecule has 1 fully saturated rings. The predicted octanol–water partition coefficient (Wildman–Crippen LogP) is 0.931. The number of nitrogens with two attached hydrogens (primary N) is 1. The Morgan fingerprint density at radius 1 is 1.50 bits per heavy atom. The van der Waals surface area contributed by atoms with E-state index in [2.05, 4.69) is 5.32 Å². The number of likely N-dealkylation sites (tertiary alicyclic amines) is 1. The zero-order valence-corrected chi connectivity index (χ0v) is 11.9. The van der Waals surface area contributed by atoms with E-state index < -0.39 is 5.60 Å². The van der Waals surface area contributed by atoms with Gasteiger partial charge < -0.3 is 16.2 Å². The van der Waals surface area contributed by atoms with Crippen LogP contribution in [0.25, 0.3) is 0 Å². The highest BCUT2D eigenvalue weighted by Gasteiger charge is 2.29. The molecule has 1 unspecified atom stereocenters. The number of hydrogen-bond acceptors (Lipinski definition) is 4. The molecular weight excluding hydrogens is 254 g/mol. The van der Waals surface area contributed by atoms with Crippen molar-refractivity contribution in [2.75, 3.05) is 25.0 Å². The van der Waals surface area contributed by atoms with Crippen molar-refractivity contribution in [3.8, 4) is 0 Å². The number of hydrogen-bond donors (Lipinski definition) is 3. The van der Waals surface area contributed by atoms with Crippen molar-refractivity contribution in [2.24, 2.45) is 5.73 Å². The van der Waals surface area contributed by atoms with Crippen molar-refractivity contribution < 1.29 is 9.90 Å². The zero-order valence-electron chi connectivity index (χ0n) is 11.9. The highest BCUT2D eigenvalue weighted by molar-refractivity contribution is 5.93. The van der Waals surface area contributed by atoms with E-state index in [1.54, 1.807) is 0 Å². The average molecular weight is 277 g/mol. The number of carbonyl (C=O) groups is 1. The summed E-state index contributed by atoms with van der Waals surface area (Å²) in [5.41, 5.74) is 6.65. The van der Waals surface area contributed by atoms with Gasteiger partial charge in [0, 0.05) is 18.8 Å². The van der Waals surface area contributed by atoms with Gasteiger partial charge >= 0.3 is 0 Å². The van der Waals surface area contributed by atoms with Crippen LogP contribution >= 0.6 is 0 Å². The molecule has 1 aromatic rings. The highest BCUT2D eigenvalue weighted by Crippen LogP contribution is 2.20. The zero-order chi connectivity index (χ0) is 14.6. The molecule has 20 heavy (non-hydrogen) atoms. The molecule has 5 nitrogen and oxygen atoms in total. The second-order valence-electron chi connectivity index (χ2n) is 5.72. The van der Waals surface area contributed by atoms with E-state index >= 15 is 0 Å². The Labute approximate surface area is 119 Å². The normalized spacial score (nSPS) is 23.6. The number of β-amino-alcohol motifs (C(OH)–C–C–N with tert-alkyl or cyclic N) is 1. The number of anilines is 1. The van der Waals surface area contributed by atoms with Gasteiger partial charge in [0.2, 0.25) is 5.91 Å². The molecule has 5 heteroatoms. The van der Waals surface area contributed by atoms with Crippen LogP contribution in [0.3, 0.4) is 0 Å². The second-order valence-corrected chi connectivity index (χ2v) is 5.72. The van der Waals surface area contributed by atoms with E-state index in [0.717, 1.165) is 30.6 Å². The summed E-state index contributed by atoms with van der Waals surface area (Å²) < 4.78 is 0. The summed E-state index contributed by atoms with van der Waals surface area (Å²) >= 11 is 0. The molecule has 0 bridgehead atoms. The van der Waals surface area contributed by atoms with E-state index in [0.29, 0.717) is 19.6 Å². The van der Waals surface area contributed by atoms with E-state index in [1.165, 1.54) is 0 Å². The van der Waals surface area contributed by atoms with Gasteiger partial charge in [0.25, 0.3) is 0 Å². The average Bonchev–Trinajstić information content (AvgIpc) is 2.38. The maximum atomic E-state index is 12.1. The van der Waals surface area contributed by atoms with E-state index in [1.807, 2.05) is 36.1 Å². The van der Waals surface area contributed by atoms with E-state index in [-0.39, 0.29) is 5.91 Å². The lowest BCUT2D eigenvalue weighted by atomic mass is 9.95. The topological polar surface area (TPSA) is 78.6 Å². The Morgan fingerprint density at radius 2 is 2.25 bits per heavy atom. The number of rotatable bonds is 4. The van der Waals surface area contributed by atoms with E-state index in [9.17, 15) is 9.90 Å². The summed E-state index contributed by atoms with van der Waals surface area (Å²) in [6.07, 6.45) is 1.71. The Kier molecular flexibility index (Phi) is 4.75. The Hall–Kier alpha value is -1.43. The van der Waals surface area contributed by atoms with Gasteiger partial charge in [-0.05, 0) is 37.9 Å². The summed E-state index contributed by atoms with van der Waals surface area (Å²) in [6, 6.07) is 7.54. The molecule has 0 aromatic heterocycles. The van der Waals surface area contributed by atoms with Crippen LogP contribution in [0.2, 0.25) is 0 Å². The van der Waals surface area contributed by atoms with Gasteiger partial charge in [-0.2, -0.15) is 0 Å². The molecule has 0 saturated carbocycles. The van der Waals surface area contributed by atoms with Crippen LogP contribution in [0.5, 0.6) is 0 Å². The highest BCUT2D eigenvalue weighted by atomic mass is 16.3. The first-order valence-corrected chi connectivity index (χ1v) is 7.03. The minimum absolute atomic E-state index is 0.0661. The Morgan fingerprint density at radius 3 is 2.95 bits per heavy atom. The van der Waals surface area contributed by atoms with Crippen LogP contribution in [0, 0.1) is 0 Å². The fourth-order valence-electron chi connectivity index (χ4n) is 2.67. The smallest absolute Gasteiger partial charge is 0.238 e. The minimum atomic E-state index is -0.687. The van der Waals surface area contributed by atoms with Gasteiger partial charge in [0.05, 0.1) is 12.1 Å². The fraction of sp³-hybridized carbons (Fsp3) is 0.533. The third-order valence-corrected chi connectivity index (χ3v) is 3.63. The molecule has 2 rings (SSSR count). The van der Waals surface area contributed by atoms with Crippen molar-refractivity contribution in [2.45, 2.75) is 31.9 Å².